The molecule has 20 heavy (non-hydrogen) atoms. The molecule has 1 rings (SSSR count). The number of nitrogens with one attached hydrogen (secondary N) is 1. The van der Waals surface area contributed by atoms with Crippen LogP contribution in [0, 0.1) is 0 Å². The van der Waals surface area contributed by atoms with Gasteiger partial charge in [-0.15, -0.1) is 5.10 Å². The summed E-state index contributed by atoms with van der Waals surface area (Å²) in [6, 6.07) is 0.240. The van der Waals surface area contributed by atoms with Gasteiger partial charge >= 0.3 is 0 Å². The van der Waals surface area contributed by atoms with Gasteiger partial charge in [-0.05, 0) is 46.8 Å². The summed E-state index contributed by atoms with van der Waals surface area (Å²) < 4.78 is 2.05. The lowest BCUT2D eigenvalue weighted by Gasteiger charge is -2.43. The Labute approximate surface area is 123 Å². The fraction of sp³-hybridized carbons (Fsp3) is 0.867. The van der Waals surface area contributed by atoms with Crippen LogP contribution in [0.1, 0.15) is 58.7 Å². The lowest BCUT2D eigenvalue weighted by Crippen LogP contribution is -2.52. The maximum Gasteiger partial charge on any atom is 0.0775 e. The van der Waals surface area contributed by atoms with Crippen molar-refractivity contribution in [1.82, 2.24) is 25.2 Å². The maximum atomic E-state index is 4.25. The van der Waals surface area contributed by atoms with E-state index < -0.39 is 0 Å². The number of aryl methyl sites for hydroxylation is 1. The molecule has 0 aliphatic carbocycles. The predicted octanol–water partition coefficient (Wildman–Crippen LogP) is 2.46. The van der Waals surface area contributed by atoms with Crippen molar-refractivity contribution in [1.29, 1.82) is 0 Å². The van der Waals surface area contributed by atoms with Crippen molar-refractivity contribution in [2.24, 2.45) is 0 Å². The Morgan fingerprint density at radius 1 is 1.30 bits per heavy atom. The molecule has 0 amide bonds. The first-order valence-electron chi connectivity index (χ1n) is 7.80. The molecule has 0 aromatic carbocycles. The van der Waals surface area contributed by atoms with Gasteiger partial charge in [-0.1, -0.05) is 26.0 Å². The van der Waals surface area contributed by atoms with Crippen LogP contribution in [-0.2, 0) is 6.54 Å². The Morgan fingerprint density at radius 2 is 2.00 bits per heavy atom. The number of aromatic nitrogens is 3. The molecule has 5 nitrogen and oxygen atoms in total. The molecule has 5 heteroatoms. The SMILES string of the molecule is CCCNC(c1cnnn1CCC)C(C)(CC)N(C)C. The summed E-state index contributed by atoms with van der Waals surface area (Å²) in [6.07, 6.45) is 5.18. The normalized spacial score (nSPS) is 16.4. The zero-order valence-corrected chi connectivity index (χ0v) is 14.0. The fourth-order valence-electron chi connectivity index (χ4n) is 2.59. The lowest BCUT2D eigenvalue weighted by molar-refractivity contribution is 0.108. The summed E-state index contributed by atoms with van der Waals surface area (Å²) in [4.78, 5) is 2.31. The summed E-state index contributed by atoms with van der Waals surface area (Å²) in [5.41, 5.74) is 1.24. The van der Waals surface area contributed by atoms with Gasteiger partial charge in [0.1, 0.15) is 0 Å². The van der Waals surface area contributed by atoms with Crippen molar-refractivity contribution < 1.29 is 0 Å². The molecule has 0 spiro atoms. The largest absolute Gasteiger partial charge is 0.307 e. The highest BCUT2D eigenvalue weighted by atomic mass is 15.4. The van der Waals surface area contributed by atoms with Crippen LogP contribution in [0.3, 0.4) is 0 Å². The summed E-state index contributed by atoms with van der Waals surface area (Å²) in [5.74, 6) is 0. The summed E-state index contributed by atoms with van der Waals surface area (Å²) in [7, 11) is 4.30. The van der Waals surface area contributed by atoms with Crippen molar-refractivity contribution in [2.75, 3.05) is 20.6 Å². The van der Waals surface area contributed by atoms with E-state index in [2.05, 4.69) is 62.3 Å². The molecule has 2 atom stereocenters. The highest BCUT2D eigenvalue weighted by Gasteiger charge is 2.37. The van der Waals surface area contributed by atoms with Crippen molar-refractivity contribution in [3.8, 4) is 0 Å². The molecule has 0 bridgehead atoms. The Kier molecular flexibility index (Phi) is 6.62. The molecule has 0 fully saturated rings. The lowest BCUT2D eigenvalue weighted by atomic mass is 9.85. The van der Waals surface area contributed by atoms with Crippen LogP contribution >= 0.6 is 0 Å². The Hall–Kier alpha value is -0.940. The summed E-state index contributed by atoms with van der Waals surface area (Å²) in [6.45, 7) is 10.9. The van der Waals surface area contributed by atoms with Crippen LogP contribution in [-0.4, -0.2) is 46.1 Å². The van der Waals surface area contributed by atoms with E-state index in [1.807, 2.05) is 10.9 Å². The molecule has 1 heterocycles. The van der Waals surface area contributed by atoms with Crippen molar-refractivity contribution in [3.63, 3.8) is 0 Å². The van der Waals surface area contributed by atoms with E-state index in [0.717, 1.165) is 32.4 Å². The minimum absolute atomic E-state index is 0.0440. The average molecular weight is 281 g/mol. The quantitative estimate of drug-likeness (QED) is 0.755. The third-order valence-corrected chi connectivity index (χ3v) is 4.34. The standard InChI is InChI=1S/C15H31N5/c1-7-10-16-14(15(4,9-3)19(5)6)13-12-17-18-20(13)11-8-2/h12,14,16H,7-11H2,1-6H3. The molecule has 1 N–H and O–H groups in total. The van der Waals surface area contributed by atoms with Gasteiger partial charge in [0.25, 0.3) is 0 Å². The van der Waals surface area contributed by atoms with E-state index in [-0.39, 0.29) is 11.6 Å². The summed E-state index contributed by atoms with van der Waals surface area (Å²) >= 11 is 0. The zero-order valence-electron chi connectivity index (χ0n) is 14.0. The van der Waals surface area contributed by atoms with Gasteiger partial charge in [0, 0.05) is 12.1 Å². The third-order valence-electron chi connectivity index (χ3n) is 4.34. The van der Waals surface area contributed by atoms with Crippen LogP contribution in [0.25, 0.3) is 0 Å². The van der Waals surface area contributed by atoms with E-state index in [1.165, 1.54) is 5.69 Å². The van der Waals surface area contributed by atoms with Crippen molar-refractivity contribution in [2.45, 2.75) is 65.1 Å². The Morgan fingerprint density at radius 3 is 2.50 bits per heavy atom. The van der Waals surface area contributed by atoms with Crippen LogP contribution in [0.5, 0.6) is 0 Å². The molecular weight excluding hydrogens is 250 g/mol. The van der Waals surface area contributed by atoms with Gasteiger partial charge in [0.2, 0.25) is 0 Å². The van der Waals surface area contributed by atoms with E-state index in [1.54, 1.807) is 0 Å². The maximum absolute atomic E-state index is 4.25. The third kappa shape index (κ3) is 3.58. The smallest absolute Gasteiger partial charge is 0.0775 e. The van der Waals surface area contributed by atoms with Crippen molar-refractivity contribution >= 4 is 0 Å². The average Bonchev–Trinajstić information content (AvgIpc) is 2.87. The number of rotatable bonds is 9. The van der Waals surface area contributed by atoms with Crippen LogP contribution in [0.15, 0.2) is 6.20 Å². The number of likely N-dealkylation sites (N-methyl/N-ethyl adjacent to an activating group) is 1. The van der Waals surface area contributed by atoms with Gasteiger partial charge < -0.3 is 10.2 Å². The molecule has 1 aromatic rings. The second-order valence-electron chi connectivity index (χ2n) is 5.87. The second kappa shape index (κ2) is 7.74. The summed E-state index contributed by atoms with van der Waals surface area (Å²) in [5, 5.41) is 12.1. The Balaban J connectivity index is 3.13. The van der Waals surface area contributed by atoms with Crippen LogP contribution in [0.2, 0.25) is 0 Å². The number of nitrogens with zero attached hydrogens (tertiary/aromatic N) is 4. The Bertz CT molecular complexity index is 387. The topological polar surface area (TPSA) is 46.0 Å². The fourth-order valence-corrected chi connectivity index (χ4v) is 2.59. The first-order valence-corrected chi connectivity index (χ1v) is 7.80. The highest BCUT2D eigenvalue weighted by molar-refractivity contribution is 5.11. The molecular formula is C15H31N5. The zero-order chi connectivity index (χ0) is 15.2. The number of hydrogen-bond donors (Lipinski definition) is 1. The molecule has 0 aliphatic heterocycles. The first-order chi connectivity index (χ1) is 9.51. The highest BCUT2D eigenvalue weighted by Crippen LogP contribution is 2.32. The second-order valence-corrected chi connectivity index (χ2v) is 5.87. The minimum atomic E-state index is 0.0440. The molecule has 1 aromatic heterocycles. The van der Waals surface area contributed by atoms with Gasteiger partial charge in [-0.2, -0.15) is 0 Å². The van der Waals surface area contributed by atoms with E-state index in [0.29, 0.717) is 0 Å². The molecule has 0 saturated carbocycles. The van der Waals surface area contributed by atoms with Gasteiger partial charge in [0.15, 0.2) is 0 Å². The van der Waals surface area contributed by atoms with Gasteiger partial charge in [-0.25, -0.2) is 4.68 Å². The first kappa shape index (κ1) is 17.1. The van der Waals surface area contributed by atoms with Gasteiger partial charge in [0.05, 0.1) is 17.9 Å². The predicted molar refractivity (Wildman–Crippen MR) is 83.7 cm³/mol. The monoisotopic (exact) mass is 281 g/mol. The van der Waals surface area contributed by atoms with E-state index >= 15 is 0 Å². The minimum Gasteiger partial charge on any atom is -0.307 e. The molecule has 0 aliphatic rings. The van der Waals surface area contributed by atoms with Gasteiger partial charge in [-0.3, -0.25) is 0 Å². The van der Waals surface area contributed by atoms with Crippen molar-refractivity contribution in [3.05, 3.63) is 11.9 Å². The van der Waals surface area contributed by atoms with Crippen LogP contribution < -0.4 is 5.32 Å². The van der Waals surface area contributed by atoms with E-state index in [4.69, 9.17) is 0 Å². The van der Waals surface area contributed by atoms with Crippen LogP contribution in [0.4, 0.5) is 0 Å². The molecule has 0 saturated heterocycles. The molecule has 0 radical (unpaired) electrons. The molecule has 2 unspecified atom stereocenters. The number of hydrogen-bond acceptors (Lipinski definition) is 4. The molecule has 116 valence electrons. The van der Waals surface area contributed by atoms with E-state index in [9.17, 15) is 0 Å².